The van der Waals surface area contributed by atoms with E-state index in [4.69, 9.17) is 27.9 Å². The molecule has 0 saturated carbocycles. The van der Waals surface area contributed by atoms with Crippen LogP contribution in [0.5, 0.6) is 0 Å². The zero-order valence-electron chi connectivity index (χ0n) is 13.2. The zero-order chi connectivity index (χ0) is 18.8. The molecule has 1 N–H and O–H groups in total. The van der Waals surface area contributed by atoms with Gasteiger partial charge in [0.25, 0.3) is 11.5 Å². The van der Waals surface area contributed by atoms with Crippen molar-refractivity contribution in [3.8, 4) is 0 Å². The number of carbonyl (C=O) groups excluding carboxylic acids is 1. The van der Waals surface area contributed by atoms with E-state index in [9.17, 15) is 18.4 Å². The number of alkyl halides is 2. The number of halogens is 4. The van der Waals surface area contributed by atoms with E-state index in [-0.39, 0.29) is 27.1 Å². The third kappa shape index (κ3) is 4.54. The van der Waals surface area contributed by atoms with Crippen molar-refractivity contribution in [3.63, 3.8) is 0 Å². The lowest BCUT2D eigenvalue weighted by Gasteiger charge is -2.15. The molecule has 0 bridgehead atoms. The van der Waals surface area contributed by atoms with Crippen molar-refractivity contribution in [1.29, 1.82) is 0 Å². The van der Waals surface area contributed by atoms with E-state index in [1.807, 2.05) is 4.98 Å². The Morgan fingerprint density at radius 2 is 1.92 bits per heavy atom. The second kappa shape index (κ2) is 7.76. The molecule has 0 aliphatic carbocycles. The maximum Gasteiger partial charge on any atom is 0.344 e. The van der Waals surface area contributed by atoms with Gasteiger partial charge in [-0.2, -0.15) is 0 Å². The molecule has 1 heterocycles. The highest BCUT2D eigenvalue weighted by Gasteiger charge is 2.30. The minimum absolute atomic E-state index is 0.0197. The summed E-state index contributed by atoms with van der Waals surface area (Å²) in [6, 6.07) is 5.76. The molecular weight excluding hydrogens is 395 g/mol. The number of hydrogen-bond acceptors (Lipinski definition) is 4. The first kappa shape index (κ1) is 19.8. The van der Waals surface area contributed by atoms with Crippen LogP contribution in [0, 0.1) is 0 Å². The average molecular weight is 408 g/mol. The van der Waals surface area contributed by atoms with Gasteiger partial charge >= 0.3 is 5.97 Å². The van der Waals surface area contributed by atoms with E-state index in [1.165, 1.54) is 0 Å². The first-order valence-corrected chi connectivity index (χ1v) is 8.67. The summed E-state index contributed by atoms with van der Waals surface area (Å²) in [4.78, 5) is 26.7. The number of aromatic amines is 1. The van der Waals surface area contributed by atoms with Crippen LogP contribution in [0.15, 0.2) is 38.9 Å². The zero-order valence-corrected chi connectivity index (χ0v) is 15.5. The van der Waals surface area contributed by atoms with E-state index < -0.39 is 23.1 Å². The van der Waals surface area contributed by atoms with Gasteiger partial charge in [-0.25, -0.2) is 13.6 Å². The predicted molar refractivity (Wildman–Crippen MR) is 93.2 cm³/mol. The van der Waals surface area contributed by atoms with E-state index >= 15 is 0 Å². The first-order valence-electron chi connectivity index (χ1n) is 7.09. The molecule has 0 amide bonds. The topological polar surface area (TPSA) is 59.2 Å². The van der Waals surface area contributed by atoms with Crippen LogP contribution in [0.25, 0.3) is 0 Å². The van der Waals surface area contributed by atoms with Gasteiger partial charge in [0.1, 0.15) is 5.56 Å². The van der Waals surface area contributed by atoms with Crippen LogP contribution in [0.2, 0.25) is 10.0 Å². The lowest BCUT2D eigenvalue weighted by atomic mass is 10.2. The van der Waals surface area contributed by atoms with E-state index in [0.717, 1.165) is 17.8 Å². The van der Waals surface area contributed by atoms with Crippen LogP contribution in [0.1, 0.15) is 29.9 Å². The second-order valence-electron chi connectivity index (χ2n) is 5.01. The number of H-pyrrole nitrogens is 1. The molecule has 0 radical (unpaired) electrons. The largest absolute Gasteiger partial charge is 0.462 e. The third-order valence-electron chi connectivity index (χ3n) is 3.08. The van der Waals surface area contributed by atoms with Gasteiger partial charge in [-0.05, 0) is 25.1 Å². The van der Waals surface area contributed by atoms with Crippen LogP contribution in [0.3, 0.4) is 0 Å². The summed E-state index contributed by atoms with van der Waals surface area (Å²) in [6.07, 6.45) is 0. The number of hydrogen-bond donors (Lipinski definition) is 1. The van der Waals surface area contributed by atoms with Crippen molar-refractivity contribution in [2.45, 2.75) is 29.6 Å². The second-order valence-corrected chi connectivity index (χ2v) is 6.88. The maximum atomic E-state index is 13.6. The fourth-order valence-electron chi connectivity index (χ4n) is 1.94. The highest BCUT2D eigenvalue weighted by atomic mass is 35.5. The van der Waals surface area contributed by atoms with Gasteiger partial charge in [0, 0.05) is 16.7 Å². The van der Waals surface area contributed by atoms with Crippen LogP contribution >= 0.6 is 35.0 Å². The number of pyridine rings is 1. The van der Waals surface area contributed by atoms with Gasteiger partial charge < -0.3 is 9.72 Å². The Morgan fingerprint density at radius 3 is 2.44 bits per heavy atom. The highest BCUT2D eigenvalue weighted by Crippen LogP contribution is 2.40. The molecule has 0 unspecified atom stereocenters. The third-order valence-corrected chi connectivity index (χ3v) is 5.12. The van der Waals surface area contributed by atoms with Gasteiger partial charge in [-0.3, -0.25) is 4.79 Å². The van der Waals surface area contributed by atoms with Gasteiger partial charge in [0.05, 0.1) is 22.3 Å². The summed E-state index contributed by atoms with van der Waals surface area (Å²) in [7, 11) is 0. The molecule has 134 valence electrons. The quantitative estimate of drug-likeness (QED) is 0.698. The SMILES string of the molecule is CCOC(=O)c1c(Sc2c(Cl)cccc2Cl)cc(C(C)(F)F)[nH]c1=O. The lowest BCUT2D eigenvalue weighted by molar-refractivity contribution is 0.0120. The van der Waals surface area contributed by atoms with Crippen molar-refractivity contribution < 1.29 is 18.3 Å². The van der Waals surface area contributed by atoms with Crippen LogP contribution < -0.4 is 5.56 Å². The molecule has 0 fully saturated rings. The highest BCUT2D eigenvalue weighted by molar-refractivity contribution is 7.99. The minimum Gasteiger partial charge on any atom is -0.462 e. The number of aromatic nitrogens is 1. The number of nitrogens with one attached hydrogen (secondary N) is 1. The molecule has 2 rings (SSSR count). The smallest absolute Gasteiger partial charge is 0.344 e. The van der Waals surface area contributed by atoms with Crippen molar-refractivity contribution >= 4 is 40.9 Å². The van der Waals surface area contributed by atoms with Crippen molar-refractivity contribution in [3.05, 3.63) is 55.9 Å². The van der Waals surface area contributed by atoms with Crippen molar-refractivity contribution in [2.75, 3.05) is 6.61 Å². The molecule has 1 aromatic carbocycles. The van der Waals surface area contributed by atoms with E-state index in [1.54, 1.807) is 25.1 Å². The molecule has 1 aromatic heterocycles. The summed E-state index contributed by atoms with van der Waals surface area (Å²) in [5.74, 6) is -4.22. The normalized spacial score (nSPS) is 11.4. The molecule has 0 aliphatic rings. The van der Waals surface area contributed by atoms with E-state index in [2.05, 4.69) is 0 Å². The Morgan fingerprint density at radius 1 is 1.32 bits per heavy atom. The summed E-state index contributed by atoms with van der Waals surface area (Å²) >= 11 is 13.0. The Balaban J connectivity index is 2.66. The molecule has 0 atom stereocenters. The lowest BCUT2D eigenvalue weighted by Crippen LogP contribution is -2.25. The molecule has 4 nitrogen and oxygen atoms in total. The molecule has 0 spiro atoms. The molecular formula is C16H13Cl2F2NO3S. The summed E-state index contributed by atoms with van der Waals surface area (Å²) < 4.78 is 32.1. The van der Waals surface area contributed by atoms with E-state index in [0.29, 0.717) is 11.8 Å². The van der Waals surface area contributed by atoms with Crippen LogP contribution in [-0.4, -0.2) is 17.6 Å². The summed E-state index contributed by atoms with van der Waals surface area (Å²) in [5.41, 5.74) is -1.98. The summed E-state index contributed by atoms with van der Waals surface area (Å²) in [5, 5.41) is 0.523. The minimum atomic E-state index is -3.30. The van der Waals surface area contributed by atoms with Gasteiger partial charge in [-0.1, -0.05) is 41.0 Å². The Labute approximate surface area is 156 Å². The molecule has 25 heavy (non-hydrogen) atoms. The molecule has 2 aromatic rings. The summed E-state index contributed by atoms with van der Waals surface area (Å²) in [6.45, 7) is 2.23. The Bertz CT molecular complexity index is 845. The standard InChI is InChI=1S/C16H13Cl2F2NO3S/c1-3-24-15(23)12-10(7-11(16(2,19)20)21-14(12)22)25-13-8(17)5-4-6-9(13)18/h4-7H,3H2,1-2H3,(H,21,22). The number of esters is 1. The average Bonchev–Trinajstić information content (AvgIpc) is 2.50. The van der Waals surface area contributed by atoms with Crippen LogP contribution in [0.4, 0.5) is 8.78 Å². The number of benzene rings is 1. The monoisotopic (exact) mass is 407 g/mol. The molecule has 9 heteroatoms. The Hall–Kier alpha value is -1.57. The van der Waals surface area contributed by atoms with Gasteiger partial charge in [-0.15, -0.1) is 0 Å². The van der Waals surface area contributed by atoms with Gasteiger partial charge in [0.2, 0.25) is 0 Å². The number of carbonyl (C=O) groups is 1. The van der Waals surface area contributed by atoms with Gasteiger partial charge in [0.15, 0.2) is 0 Å². The number of rotatable bonds is 5. The molecule has 0 aliphatic heterocycles. The Kier molecular flexibility index (Phi) is 6.13. The fraction of sp³-hybridized carbons (Fsp3) is 0.250. The van der Waals surface area contributed by atoms with Crippen LogP contribution in [-0.2, 0) is 10.7 Å². The predicted octanol–water partition coefficient (Wildman–Crippen LogP) is 5.12. The van der Waals surface area contributed by atoms with Crippen molar-refractivity contribution in [1.82, 2.24) is 4.98 Å². The first-order chi connectivity index (χ1) is 11.6. The fourth-order valence-corrected chi connectivity index (χ4v) is 3.57. The molecule has 0 saturated heterocycles. The maximum absolute atomic E-state index is 13.6. The van der Waals surface area contributed by atoms with Crippen molar-refractivity contribution in [2.24, 2.45) is 0 Å². The number of ether oxygens (including phenoxy) is 1.